The van der Waals surface area contributed by atoms with Crippen molar-refractivity contribution in [3.05, 3.63) is 59.1 Å². The van der Waals surface area contributed by atoms with E-state index in [0.29, 0.717) is 52.1 Å². The summed E-state index contributed by atoms with van der Waals surface area (Å²) in [6, 6.07) is 7.24. The number of nitrogens with zero attached hydrogens (tertiary/aromatic N) is 7. The Morgan fingerprint density at radius 1 is 1.41 bits per heavy atom. The number of likely N-dealkylation sites (tertiary alicyclic amines) is 1. The van der Waals surface area contributed by atoms with Crippen molar-refractivity contribution in [3.8, 4) is 11.9 Å². The Balaban J connectivity index is 1.67. The van der Waals surface area contributed by atoms with Crippen molar-refractivity contribution in [3.63, 3.8) is 0 Å². The van der Waals surface area contributed by atoms with Crippen LogP contribution in [0.15, 0.2) is 52.9 Å². The smallest absolute Gasteiger partial charge is 0.179 e. The zero-order chi connectivity index (χ0) is 24.1. The van der Waals surface area contributed by atoms with Crippen molar-refractivity contribution in [2.45, 2.75) is 31.9 Å². The maximum absolute atomic E-state index is 9.96. The molecule has 1 atom stereocenters. The van der Waals surface area contributed by atoms with Crippen LogP contribution in [-0.2, 0) is 0 Å². The molecule has 0 bridgehead atoms. The third kappa shape index (κ3) is 4.95. The maximum Gasteiger partial charge on any atom is 0.179 e. The molecular weight excluding hydrogens is 456 g/mol. The lowest BCUT2D eigenvalue weighted by atomic mass is 10.0. The fourth-order valence-corrected chi connectivity index (χ4v) is 4.21. The van der Waals surface area contributed by atoms with Gasteiger partial charge in [0.05, 0.1) is 35.3 Å². The molecule has 3 aromatic rings. The Morgan fingerprint density at radius 2 is 2.21 bits per heavy atom. The first-order chi connectivity index (χ1) is 16.5. The van der Waals surface area contributed by atoms with Gasteiger partial charge in [0.25, 0.3) is 0 Å². The molecule has 0 radical (unpaired) electrons. The molecule has 4 heterocycles. The molecule has 3 aromatic heterocycles. The van der Waals surface area contributed by atoms with E-state index >= 15 is 0 Å². The van der Waals surface area contributed by atoms with Crippen LogP contribution >= 0.6 is 11.6 Å². The highest BCUT2D eigenvalue weighted by atomic mass is 35.5. The highest BCUT2D eigenvalue weighted by Gasteiger charge is 2.22. The fourth-order valence-electron chi connectivity index (χ4n) is 3.99. The fraction of sp³-hybridized carbons (Fsp3) is 0.348. The van der Waals surface area contributed by atoms with Gasteiger partial charge in [-0.2, -0.15) is 15.5 Å². The third-order valence-corrected chi connectivity index (χ3v) is 5.99. The molecule has 0 amide bonds. The minimum atomic E-state index is -0.704. The number of hydrazone groups is 1. The summed E-state index contributed by atoms with van der Waals surface area (Å²) in [5.41, 5.74) is 2.93. The summed E-state index contributed by atoms with van der Waals surface area (Å²) in [5, 5.41) is 27.7. The molecule has 0 saturated carbocycles. The second-order valence-electron chi connectivity index (χ2n) is 7.93. The zero-order valence-electron chi connectivity index (χ0n) is 18.7. The molecule has 1 unspecified atom stereocenters. The highest BCUT2D eigenvalue weighted by molar-refractivity contribution is 6.47. The number of piperidine rings is 1. The zero-order valence-corrected chi connectivity index (χ0v) is 19.4. The molecule has 176 valence electrons. The topological polar surface area (TPSA) is 137 Å². The van der Waals surface area contributed by atoms with E-state index in [9.17, 15) is 5.11 Å². The van der Waals surface area contributed by atoms with Crippen LogP contribution in [0.4, 0.5) is 0 Å². The van der Waals surface area contributed by atoms with E-state index in [4.69, 9.17) is 32.4 Å². The summed E-state index contributed by atoms with van der Waals surface area (Å²) in [7, 11) is 0. The van der Waals surface area contributed by atoms with Gasteiger partial charge in [0, 0.05) is 31.0 Å². The summed E-state index contributed by atoms with van der Waals surface area (Å²) in [6.45, 7) is 2.93. The predicted molar refractivity (Wildman–Crippen MR) is 129 cm³/mol. The molecular formula is C23H25ClN8O2. The number of aliphatic imine (C=N–C) groups is 1. The van der Waals surface area contributed by atoms with Gasteiger partial charge in [-0.25, -0.2) is 4.52 Å². The lowest BCUT2D eigenvalue weighted by Gasteiger charge is -2.26. The largest absolute Gasteiger partial charge is 0.479 e. The molecule has 1 aliphatic rings. The summed E-state index contributed by atoms with van der Waals surface area (Å²) < 4.78 is 7.75. The van der Waals surface area contributed by atoms with Gasteiger partial charge in [0.1, 0.15) is 17.0 Å². The monoisotopic (exact) mass is 480 g/mol. The Kier molecular flexibility index (Phi) is 7.25. The van der Waals surface area contributed by atoms with E-state index < -0.39 is 6.10 Å². The van der Waals surface area contributed by atoms with E-state index in [-0.39, 0.29) is 12.6 Å². The second-order valence-corrected chi connectivity index (χ2v) is 8.34. The third-order valence-electron chi connectivity index (χ3n) is 5.71. The van der Waals surface area contributed by atoms with Crippen molar-refractivity contribution < 1.29 is 9.84 Å². The van der Waals surface area contributed by atoms with E-state index in [0.717, 1.165) is 12.8 Å². The van der Waals surface area contributed by atoms with Crippen LogP contribution in [0.3, 0.4) is 0 Å². The van der Waals surface area contributed by atoms with Crippen LogP contribution in [-0.4, -0.2) is 61.8 Å². The number of hydrogen-bond donors (Lipinski definition) is 2. The van der Waals surface area contributed by atoms with Crippen LogP contribution in [0.2, 0.25) is 5.02 Å². The highest BCUT2D eigenvalue weighted by Crippen LogP contribution is 2.32. The van der Waals surface area contributed by atoms with Crippen molar-refractivity contribution in [2.24, 2.45) is 15.9 Å². The number of aliphatic hydroxyl groups is 1. The van der Waals surface area contributed by atoms with Gasteiger partial charge in [0.2, 0.25) is 0 Å². The Morgan fingerprint density at radius 3 is 2.85 bits per heavy atom. The number of nitrogens with two attached hydrogens (primary N) is 1. The van der Waals surface area contributed by atoms with Crippen LogP contribution in [0.25, 0.3) is 5.52 Å². The molecule has 0 aromatic carbocycles. The second kappa shape index (κ2) is 10.5. The standard InChI is InChI=1S/C23H25ClN8O2/c1-15(29-17-5-8-31(14-25)9-6-17)22(30-26)16-10-20(23-18(24)11-28-32(23)12-16)34-21(13-33)19-4-2-3-7-27-19/h2-4,7,10-12,17,21,33H,5-6,8-9,13,26H2,1H3/b29-15?,30-22+. The first-order valence-electron chi connectivity index (χ1n) is 10.9. The summed E-state index contributed by atoms with van der Waals surface area (Å²) in [4.78, 5) is 10.8. The molecule has 34 heavy (non-hydrogen) atoms. The van der Waals surface area contributed by atoms with Crippen molar-refractivity contribution in [2.75, 3.05) is 19.7 Å². The maximum atomic E-state index is 9.96. The molecule has 4 rings (SSSR count). The van der Waals surface area contributed by atoms with Gasteiger partial charge >= 0.3 is 0 Å². The average molecular weight is 481 g/mol. The molecule has 1 aliphatic heterocycles. The lowest BCUT2D eigenvalue weighted by molar-refractivity contribution is 0.114. The number of rotatable bonds is 7. The SMILES string of the molecule is CC(=NC1CCN(C#N)CC1)/C(=N\N)c1cc(OC(CO)c2ccccn2)c2c(Cl)cnn2c1. The number of halogens is 1. The Hall–Kier alpha value is -3.68. The first kappa shape index (κ1) is 23.5. The van der Waals surface area contributed by atoms with Gasteiger partial charge in [-0.1, -0.05) is 17.7 Å². The molecule has 1 saturated heterocycles. The van der Waals surface area contributed by atoms with E-state index in [2.05, 4.69) is 21.4 Å². The average Bonchev–Trinajstić information content (AvgIpc) is 3.24. The summed E-state index contributed by atoms with van der Waals surface area (Å²) in [5.74, 6) is 6.19. The van der Waals surface area contributed by atoms with Crippen LogP contribution in [0, 0.1) is 11.5 Å². The number of ether oxygens (including phenoxy) is 1. The number of fused-ring (bicyclic) bond motifs is 1. The quantitative estimate of drug-likeness (QED) is 0.229. The van der Waals surface area contributed by atoms with Crippen LogP contribution < -0.4 is 10.6 Å². The summed E-state index contributed by atoms with van der Waals surface area (Å²) in [6.07, 6.45) is 7.96. The molecule has 1 fully saturated rings. The molecule has 0 spiro atoms. The first-order valence-corrected chi connectivity index (χ1v) is 11.2. The van der Waals surface area contributed by atoms with Crippen LogP contribution in [0.5, 0.6) is 5.75 Å². The summed E-state index contributed by atoms with van der Waals surface area (Å²) >= 11 is 6.38. The molecule has 0 aliphatic carbocycles. The van der Waals surface area contributed by atoms with Crippen LogP contribution in [0.1, 0.15) is 37.1 Å². The van der Waals surface area contributed by atoms with Crippen molar-refractivity contribution in [1.29, 1.82) is 5.26 Å². The Labute approximate surface area is 201 Å². The number of nitriles is 1. The van der Waals surface area contributed by atoms with Gasteiger partial charge in [0.15, 0.2) is 12.3 Å². The molecule has 3 N–H and O–H groups in total. The number of pyridine rings is 2. The molecule has 10 nitrogen and oxygen atoms in total. The minimum Gasteiger partial charge on any atom is -0.479 e. The minimum absolute atomic E-state index is 0.0860. The normalized spacial score (nSPS) is 16.5. The van der Waals surface area contributed by atoms with Gasteiger partial charge in [-0.05, 0) is 38.0 Å². The van der Waals surface area contributed by atoms with E-state index in [1.54, 1.807) is 40.0 Å². The van der Waals surface area contributed by atoms with E-state index in [1.165, 1.54) is 6.20 Å². The van der Waals surface area contributed by atoms with E-state index in [1.807, 2.05) is 13.0 Å². The van der Waals surface area contributed by atoms with Gasteiger partial charge in [-0.15, -0.1) is 0 Å². The van der Waals surface area contributed by atoms with Crippen molar-refractivity contribution >= 4 is 28.5 Å². The van der Waals surface area contributed by atoms with Gasteiger partial charge in [-0.3, -0.25) is 9.98 Å². The molecule has 11 heteroatoms. The van der Waals surface area contributed by atoms with Crippen molar-refractivity contribution in [1.82, 2.24) is 19.5 Å². The number of aliphatic hydroxyl groups excluding tert-OH is 1. The Bertz CT molecular complexity index is 1240. The number of aromatic nitrogens is 3. The number of hydrogen-bond acceptors (Lipinski definition) is 9. The predicted octanol–water partition coefficient (Wildman–Crippen LogP) is 2.56. The van der Waals surface area contributed by atoms with Gasteiger partial charge < -0.3 is 20.6 Å². The lowest BCUT2D eigenvalue weighted by Crippen LogP contribution is -2.32.